The molecule has 0 spiro atoms. The van der Waals surface area contributed by atoms with Gasteiger partial charge in [0.2, 0.25) is 0 Å². The molecule has 3 heteroatoms. The fraction of sp³-hybridized carbons (Fsp3) is 0.318. The molecule has 0 amide bonds. The van der Waals surface area contributed by atoms with Crippen molar-refractivity contribution in [3.8, 4) is 0 Å². The molecule has 3 nitrogen and oxygen atoms in total. The molecule has 1 aromatic carbocycles. The molecule has 0 aliphatic rings. The first-order valence-electron chi connectivity index (χ1n) is 9.06. The molecule has 3 rings (SSSR count). The molecule has 0 atom stereocenters. The van der Waals surface area contributed by atoms with E-state index in [9.17, 15) is 5.11 Å². The van der Waals surface area contributed by atoms with Crippen LogP contribution in [-0.4, -0.2) is 16.7 Å². The first kappa shape index (κ1) is 17.4. The van der Waals surface area contributed by atoms with E-state index in [2.05, 4.69) is 30.1 Å². The number of pyridine rings is 1. The maximum Gasteiger partial charge on any atom is 0.134 e. The van der Waals surface area contributed by atoms with Gasteiger partial charge in [-0.3, -0.25) is 4.98 Å². The van der Waals surface area contributed by atoms with E-state index in [4.69, 9.17) is 4.42 Å². The summed E-state index contributed by atoms with van der Waals surface area (Å²) in [5.41, 5.74) is 4.23. The Morgan fingerprint density at radius 3 is 2.72 bits per heavy atom. The van der Waals surface area contributed by atoms with Crippen LogP contribution in [-0.2, 0) is 6.42 Å². The van der Waals surface area contributed by atoms with E-state index in [0.29, 0.717) is 0 Å². The van der Waals surface area contributed by atoms with E-state index in [1.54, 1.807) is 6.20 Å². The van der Waals surface area contributed by atoms with Gasteiger partial charge < -0.3 is 9.52 Å². The van der Waals surface area contributed by atoms with Crippen LogP contribution in [0.4, 0.5) is 0 Å². The van der Waals surface area contributed by atoms with Crippen LogP contribution in [0.5, 0.6) is 0 Å². The fourth-order valence-electron chi connectivity index (χ4n) is 3.14. The highest BCUT2D eigenvalue weighted by Gasteiger charge is 2.17. The van der Waals surface area contributed by atoms with E-state index in [1.807, 2.05) is 30.3 Å². The van der Waals surface area contributed by atoms with E-state index in [-0.39, 0.29) is 6.61 Å². The summed E-state index contributed by atoms with van der Waals surface area (Å²) in [7, 11) is 0. The lowest BCUT2D eigenvalue weighted by atomic mass is 9.95. The lowest BCUT2D eigenvalue weighted by molar-refractivity contribution is 0.290. The van der Waals surface area contributed by atoms with Gasteiger partial charge in [-0.2, -0.15) is 0 Å². The van der Waals surface area contributed by atoms with Crippen molar-refractivity contribution in [2.75, 3.05) is 6.61 Å². The number of fused-ring (bicyclic) bond motifs is 1. The zero-order chi connectivity index (χ0) is 17.5. The molecule has 130 valence electrons. The molecule has 2 heterocycles. The minimum Gasteiger partial charge on any atom is -0.460 e. The Morgan fingerprint density at radius 1 is 1.12 bits per heavy atom. The van der Waals surface area contributed by atoms with Gasteiger partial charge in [0.1, 0.15) is 11.3 Å². The average Bonchev–Trinajstić information content (AvgIpc) is 3.02. The van der Waals surface area contributed by atoms with Gasteiger partial charge in [0, 0.05) is 30.2 Å². The van der Waals surface area contributed by atoms with Gasteiger partial charge in [-0.05, 0) is 49.1 Å². The van der Waals surface area contributed by atoms with Crippen molar-refractivity contribution in [1.82, 2.24) is 4.98 Å². The SMILES string of the molecule is CCCCc1oc2ccccc2c1/C(=C/c1ccccn1)CCCO. The largest absolute Gasteiger partial charge is 0.460 e. The number of aromatic nitrogens is 1. The quantitative estimate of drug-likeness (QED) is 0.592. The van der Waals surface area contributed by atoms with Crippen molar-refractivity contribution in [1.29, 1.82) is 0 Å². The van der Waals surface area contributed by atoms with Gasteiger partial charge in [-0.1, -0.05) is 37.6 Å². The Bertz CT molecular complexity index is 834. The van der Waals surface area contributed by atoms with Gasteiger partial charge in [-0.25, -0.2) is 0 Å². The number of unbranched alkanes of at least 4 members (excludes halogenated alkanes) is 1. The normalized spacial score (nSPS) is 12.0. The number of aryl methyl sites for hydroxylation is 1. The molecule has 0 saturated carbocycles. The van der Waals surface area contributed by atoms with E-state index in [0.717, 1.165) is 54.5 Å². The van der Waals surface area contributed by atoms with E-state index in [1.165, 1.54) is 11.1 Å². The van der Waals surface area contributed by atoms with Gasteiger partial charge in [-0.15, -0.1) is 0 Å². The number of benzene rings is 1. The summed E-state index contributed by atoms with van der Waals surface area (Å²) in [6.07, 6.45) is 8.62. The zero-order valence-corrected chi connectivity index (χ0v) is 14.7. The molecule has 1 N–H and O–H groups in total. The third-order valence-electron chi connectivity index (χ3n) is 4.36. The fourth-order valence-corrected chi connectivity index (χ4v) is 3.14. The summed E-state index contributed by atoms with van der Waals surface area (Å²) in [4.78, 5) is 4.44. The number of allylic oxidation sites excluding steroid dienone is 1. The molecule has 0 saturated heterocycles. The molecule has 2 aromatic heterocycles. The average molecular weight is 335 g/mol. The van der Waals surface area contributed by atoms with Crippen molar-refractivity contribution in [2.45, 2.75) is 39.0 Å². The van der Waals surface area contributed by atoms with Crippen LogP contribution in [0.1, 0.15) is 49.6 Å². The Balaban J connectivity index is 2.12. The van der Waals surface area contributed by atoms with Crippen molar-refractivity contribution in [3.05, 3.63) is 65.7 Å². The first-order valence-corrected chi connectivity index (χ1v) is 9.06. The first-order chi connectivity index (χ1) is 12.3. The molecule has 0 aliphatic carbocycles. The summed E-state index contributed by atoms with van der Waals surface area (Å²) < 4.78 is 6.18. The molecule has 0 bridgehead atoms. The van der Waals surface area contributed by atoms with Gasteiger partial charge >= 0.3 is 0 Å². The van der Waals surface area contributed by atoms with Crippen molar-refractivity contribution < 1.29 is 9.52 Å². The number of aliphatic hydroxyl groups is 1. The van der Waals surface area contributed by atoms with Gasteiger partial charge in [0.05, 0.1) is 5.69 Å². The summed E-state index contributed by atoms with van der Waals surface area (Å²) in [5, 5.41) is 10.5. The standard InChI is InChI=1S/C22H25NO2/c1-2-3-12-21-22(19-11-4-5-13-20(19)25-21)17(9-8-15-24)16-18-10-6-7-14-23-18/h4-7,10-11,13-14,16,24H,2-3,8-9,12,15H2,1H3/b17-16+. The highest BCUT2D eigenvalue weighted by atomic mass is 16.3. The minimum absolute atomic E-state index is 0.180. The Morgan fingerprint density at radius 2 is 1.96 bits per heavy atom. The summed E-state index contributed by atoms with van der Waals surface area (Å²) in [6, 6.07) is 14.1. The van der Waals surface area contributed by atoms with Crippen LogP contribution in [0, 0.1) is 0 Å². The molecule has 0 unspecified atom stereocenters. The zero-order valence-electron chi connectivity index (χ0n) is 14.7. The van der Waals surface area contributed by atoms with Gasteiger partial charge in [0.15, 0.2) is 0 Å². The minimum atomic E-state index is 0.180. The molecular formula is C22H25NO2. The Hall–Kier alpha value is -2.39. The van der Waals surface area contributed by atoms with E-state index < -0.39 is 0 Å². The summed E-state index contributed by atoms with van der Waals surface area (Å²) in [5.74, 6) is 1.04. The third-order valence-corrected chi connectivity index (χ3v) is 4.36. The second-order valence-corrected chi connectivity index (χ2v) is 6.25. The summed E-state index contributed by atoms with van der Waals surface area (Å²) >= 11 is 0. The van der Waals surface area contributed by atoms with Crippen LogP contribution in [0.15, 0.2) is 53.1 Å². The van der Waals surface area contributed by atoms with Crippen molar-refractivity contribution in [2.24, 2.45) is 0 Å². The van der Waals surface area contributed by atoms with Crippen LogP contribution < -0.4 is 0 Å². The number of hydrogen-bond acceptors (Lipinski definition) is 3. The topological polar surface area (TPSA) is 46.3 Å². The van der Waals surface area contributed by atoms with Crippen molar-refractivity contribution in [3.63, 3.8) is 0 Å². The number of aliphatic hydroxyl groups excluding tert-OH is 1. The Labute approximate surface area is 149 Å². The molecule has 3 aromatic rings. The number of nitrogens with zero attached hydrogens (tertiary/aromatic N) is 1. The molecule has 0 fully saturated rings. The number of furan rings is 1. The second kappa shape index (κ2) is 8.63. The van der Waals surface area contributed by atoms with Crippen LogP contribution in [0.2, 0.25) is 0 Å². The second-order valence-electron chi connectivity index (χ2n) is 6.25. The lowest BCUT2D eigenvalue weighted by Crippen LogP contribution is -1.94. The van der Waals surface area contributed by atoms with Gasteiger partial charge in [0.25, 0.3) is 0 Å². The van der Waals surface area contributed by atoms with Crippen LogP contribution in [0.3, 0.4) is 0 Å². The maximum atomic E-state index is 9.34. The predicted molar refractivity (Wildman–Crippen MR) is 103 cm³/mol. The monoisotopic (exact) mass is 335 g/mol. The molecule has 0 radical (unpaired) electrons. The molecular weight excluding hydrogens is 310 g/mol. The third kappa shape index (κ3) is 4.18. The van der Waals surface area contributed by atoms with Crippen molar-refractivity contribution >= 4 is 22.6 Å². The molecule has 25 heavy (non-hydrogen) atoms. The number of rotatable bonds is 8. The Kier molecular flexibility index (Phi) is 6.02. The highest BCUT2D eigenvalue weighted by Crippen LogP contribution is 2.35. The van der Waals surface area contributed by atoms with E-state index >= 15 is 0 Å². The highest BCUT2D eigenvalue weighted by molar-refractivity contribution is 5.96. The predicted octanol–water partition coefficient (Wildman–Crippen LogP) is 5.48. The lowest BCUT2D eigenvalue weighted by Gasteiger charge is -2.09. The smallest absolute Gasteiger partial charge is 0.134 e. The molecule has 0 aliphatic heterocycles. The van der Waals surface area contributed by atoms with Crippen LogP contribution >= 0.6 is 0 Å². The van der Waals surface area contributed by atoms with Crippen LogP contribution in [0.25, 0.3) is 22.6 Å². The number of hydrogen-bond donors (Lipinski definition) is 1. The maximum absolute atomic E-state index is 9.34. The summed E-state index contributed by atoms with van der Waals surface area (Å²) in [6.45, 7) is 2.37. The number of para-hydroxylation sites is 1.